The van der Waals surface area contributed by atoms with Gasteiger partial charge in [0.25, 0.3) is 0 Å². The van der Waals surface area contributed by atoms with E-state index in [0.29, 0.717) is 13.0 Å². The first-order valence-corrected chi connectivity index (χ1v) is 5.84. The normalized spacial score (nSPS) is 23.3. The molecule has 17 heavy (non-hydrogen) atoms. The van der Waals surface area contributed by atoms with Crippen LogP contribution in [0.2, 0.25) is 0 Å². The van der Waals surface area contributed by atoms with E-state index in [-0.39, 0.29) is 18.8 Å². The Balaban J connectivity index is 2.50. The molecule has 1 heterocycles. The third-order valence-corrected chi connectivity index (χ3v) is 3.28. The average molecular weight is 237 g/mol. The Hall–Kier alpha value is -1.10. The first-order valence-electron chi connectivity index (χ1n) is 5.84. The van der Waals surface area contributed by atoms with Gasteiger partial charge in [-0.3, -0.25) is 0 Å². The standard InChI is InChI=1S/C13H19NO3/c1-8-3-4-11(16-2)10-5-9(7-15)17-12(6-14)13(8)10/h3-4,9,12,15H,5-7,14H2,1-2H3. The van der Waals surface area contributed by atoms with E-state index >= 15 is 0 Å². The van der Waals surface area contributed by atoms with Gasteiger partial charge in [-0.1, -0.05) is 6.07 Å². The highest BCUT2D eigenvalue weighted by molar-refractivity contribution is 5.47. The maximum absolute atomic E-state index is 9.26. The van der Waals surface area contributed by atoms with E-state index in [0.717, 1.165) is 22.4 Å². The molecule has 0 spiro atoms. The van der Waals surface area contributed by atoms with Crippen molar-refractivity contribution in [3.8, 4) is 5.75 Å². The smallest absolute Gasteiger partial charge is 0.122 e. The van der Waals surface area contributed by atoms with Crippen LogP contribution in [0, 0.1) is 6.92 Å². The third-order valence-electron chi connectivity index (χ3n) is 3.28. The van der Waals surface area contributed by atoms with Gasteiger partial charge in [-0.2, -0.15) is 0 Å². The highest BCUT2D eigenvalue weighted by Crippen LogP contribution is 2.37. The number of benzene rings is 1. The lowest BCUT2D eigenvalue weighted by atomic mass is 9.90. The van der Waals surface area contributed by atoms with Gasteiger partial charge in [-0.05, 0) is 24.1 Å². The number of aryl methyl sites for hydroxylation is 1. The molecule has 0 saturated heterocycles. The number of hydrogen-bond donors (Lipinski definition) is 2. The Morgan fingerprint density at radius 1 is 1.53 bits per heavy atom. The summed E-state index contributed by atoms with van der Waals surface area (Å²) < 4.78 is 11.1. The van der Waals surface area contributed by atoms with Crippen molar-refractivity contribution in [2.24, 2.45) is 5.73 Å². The van der Waals surface area contributed by atoms with Gasteiger partial charge in [-0.15, -0.1) is 0 Å². The molecule has 3 N–H and O–H groups in total. The lowest BCUT2D eigenvalue weighted by molar-refractivity contribution is -0.0474. The van der Waals surface area contributed by atoms with E-state index in [4.69, 9.17) is 15.2 Å². The van der Waals surface area contributed by atoms with Gasteiger partial charge in [0, 0.05) is 18.5 Å². The summed E-state index contributed by atoms with van der Waals surface area (Å²) in [5.74, 6) is 0.853. The van der Waals surface area contributed by atoms with E-state index < -0.39 is 0 Å². The number of fused-ring (bicyclic) bond motifs is 1. The predicted molar refractivity (Wildman–Crippen MR) is 65.2 cm³/mol. The molecule has 0 fully saturated rings. The van der Waals surface area contributed by atoms with Crippen LogP contribution in [-0.2, 0) is 11.2 Å². The van der Waals surface area contributed by atoms with Crippen molar-refractivity contribution >= 4 is 0 Å². The largest absolute Gasteiger partial charge is 0.496 e. The molecule has 94 valence electrons. The van der Waals surface area contributed by atoms with Crippen LogP contribution in [0.15, 0.2) is 12.1 Å². The SMILES string of the molecule is COc1ccc(C)c2c1CC(CO)OC2CN. The van der Waals surface area contributed by atoms with Crippen LogP contribution >= 0.6 is 0 Å². The molecule has 2 rings (SSSR count). The van der Waals surface area contributed by atoms with Crippen molar-refractivity contribution in [3.05, 3.63) is 28.8 Å². The van der Waals surface area contributed by atoms with E-state index in [1.54, 1.807) is 7.11 Å². The molecule has 4 heteroatoms. The fourth-order valence-corrected chi connectivity index (χ4v) is 2.47. The molecular formula is C13H19NO3. The highest BCUT2D eigenvalue weighted by Gasteiger charge is 2.29. The Labute approximate surface area is 101 Å². The minimum absolute atomic E-state index is 0.00698. The molecule has 0 bridgehead atoms. The zero-order chi connectivity index (χ0) is 12.4. The van der Waals surface area contributed by atoms with Gasteiger partial charge in [0.05, 0.1) is 25.9 Å². The molecule has 1 aromatic rings. The molecule has 0 radical (unpaired) electrons. The van der Waals surface area contributed by atoms with E-state index in [9.17, 15) is 5.11 Å². The topological polar surface area (TPSA) is 64.7 Å². The Kier molecular flexibility index (Phi) is 3.66. The molecule has 0 aliphatic carbocycles. The Bertz CT molecular complexity index is 406. The molecular weight excluding hydrogens is 218 g/mol. The van der Waals surface area contributed by atoms with Crippen molar-refractivity contribution in [1.82, 2.24) is 0 Å². The van der Waals surface area contributed by atoms with Crippen molar-refractivity contribution < 1.29 is 14.6 Å². The summed E-state index contributed by atoms with van der Waals surface area (Å²) in [4.78, 5) is 0. The molecule has 1 aromatic carbocycles. The van der Waals surface area contributed by atoms with Gasteiger partial charge in [0.15, 0.2) is 0 Å². The van der Waals surface area contributed by atoms with Gasteiger partial charge in [-0.25, -0.2) is 0 Å². The number of methoxy groups -OCH3 is 1. The fourth-order valence-electron chi connectivity index (χ4n) is 2.47. The average Bonchev–Trinajstić information content (AvgIpc) is 2.37. The van der Waals surface area contributed by atoms with Crippen LogP contribution in [0.4, 0.5) is 0 Å². The second-order valence-corrected chi connectivity index (χ2v) is 4.35. The van der Waals surface area contributed by atoms with Crippen molar-refractivity contribution in [3.63, 3.8) is 0 Å². The Morgan fingerprint density at radius 2 is 2.29 bits per heavy atom. The van der Waals surface area contributed by atoms with Crippen LogP contribution < -0.4 is 10.5 Å². The van der Waals surface area contributed by atoms with Gasteiger partial charge in [0.2, 0.25) is 0 Å². The number of aliphatic hydroxyl groups is 1. The summed E-state index contributed by atoms with van der Waals surface area (Å²) >= 11 is 0. The van der Waals surface area contributed by atoms with Crippen molar-refractivity contribution in [2.75, 3.05) is 20.3 Å². The zero-order valence-electron chi connectivity index (χ0n) is 10.3. The first kappa shape index (κ1) is 12.4. The summed E-state index contributed by atoms with van der Waals surface area (Å²) in [5, 5.41) is 9.26. The molecule has 2 atom stereocenters. The highest BCUT2D eigenvalue weighted by atomic mass is 16.5. The summed E-state index contributed by atoms with van der Waals surface area (Å²) in [6, 6.07) is 3.98. The van der Waals surface area contributed by atoms with Crippen LogP contribution in [0.1, 0.15) is 22.8 Å². The van der Waals surface area contributed by atoms with Crippen LogP contribution in [0.5, 0.6) is 5.75 Å². The number of hydrogen-bond acceptors (Lipinski definition) is 4. The summed E-state index contributed by atoms with van der Waals surface area (Å²) in [6.45, 7) is 2.47. The monoisotopic (exact) mass is 237 g/mol. The van der Waals surface area contributed by atoms with Gasteiger partial charge < -0.3 is 20.3 Å². The lowest BCUT2D eigenvalue weighted by Gasteiger charge is -2.33. The molecule has 1 aliphatic rings. The summed E-state index contributed by atoms with van der Waals surface area (Å²) in [6.07, 6.45) is 0.338. The van der Waals surface area contributed by atoms with Crippen LogP contribution in [0.25, 0.3) is 0 Å². The fraction of sp³-hybridized carbons (Fsp3) is 0.538. The molecule has 2 unspecified atom stereocenters. The van der Waals surface area contributed by atoms with Gasteiger partial charge >= 0.3 is 0 Å². The Morgan fingerprint density at radius 3 is 2.88 bits per heavy atom. The predicted octanol–water partition coefficient (Wildman–Crippen LogP) is 0.937. The maximum Gasteiger partial charge on any atom is 0.122 e. The van der Waals surface area contributed by atoms with E-state index in [1.165, 1.54) is 0 Å². The van der Waals surface area contributed by atoms with Gasteiger partial charge in [0.1, 0.15) is 5.75 Å². The van der Waals surface area contributed by atoms with Crippen molar-refractivity contribution in [2.45, 2.75) is 25.6 Å². The number of ether oxygens (including phenoxy) is 2. The van der Waals surface area contributed by atoms with Crippen molar-refractivity contribution in [1.29, 1.82) is 0 Å². The van der Waals surface area contributed by atoms with Crippen LogP contribution in [-0.4, -0.2) is 31.5 Å². The molecule has 0 saturated carbocycles. The maximum atomic E-state index is 9.26. The first-order chi connectivity index (χ1) is 8.21. The van der Waals surface area contributed by atoms with E-state index in [2.05, 4.69) is 0 Å². The molecule has 1 aliphatic heterocycles. The lowest BCUT2D eigenvalue weighted by Crippen LogP contribution is -2.33. The second kappa shape index (κ2) is 5.04. The quantitative estimate of drug-likeness (QED) is 0.821. The number of nitrogens with two attached hydrogens (primary N) is 1. The number of aliphatic hydroxyl groups excluding tert-OH is 1. The van der Waals surface area contributed by atoms with E-state index in [1.807, 2.05) is 19.1 Å². The van der Waals surface area contributed by atoms with Crippen LogP contribution in [0.3, 0.4) is 0 Å². The minimum Gasteiger partial charge on any atom is -0.496 e. The molecule has 4 nitrogen and oxygen atoms in total. The number of rotatable bonds is 3. The minimum atomic E-state index is -0.188. The molecule has 0 aromatic heterocycles. The third kappa shape index (κ3) is 2.16. The molecule has 0 amide bonds. The second-order valence-electron chi connectivity index (χ2n) is 4.35. The zero-order valence-corrected chi connectivity index (χ0v) is 10.3. The summed E-state index contributed by atoms with van der Waals surface area (Å²) in [5.41, 5.74) is 9.15. The summed E-state index contributed by atoms with van der Waals surface area (Å²) in [7, 11) is 1.66.